The molecule has 0 amide bonds. The Morgan fingerprint density at radius 2 is 1.93 bits per heavy atom. The second-order valence-corrected chi connectivity index (χ2v) is 11.3. The number of hydrogen-bond donors (Lipinski definition) is 0. The average molecular weight is 378 g/mol. The molecular weight excluding hydrogens is 342 g/mol. The number of rotatable bonds is 3. The number of fused-ring (bicyclic) bond motifs is 7. The summed E-state index contributed by atoms with van der Waals surface area (Å²) in [5, 5.41) is 10.5. The molecule has 0 unspecified atom stereocenters. The minimum atomic E-state index is -0.0468. The van der Waals surface area contributed by atoms with Gasteiger partial charge in [0.2, 0.25) is 0 Å². The van der Waals surface area contributed by atoms with Crippen molar-refractivity contribution in [2.24, 2.45) is 58.2 Å². The van der Waals surface area contributed by atoms with Crippen LogP contribution in [-0.4, -0.2) is 5.78 Å². The second-order valence-electron chi connectivity index (χ2n) is 11.3. The molecular formula is C26H35NO. The Kier molecular flexibility index (Phi) is 3.63. The topological polar surface area (TPSA) is 40.9 Å². The number of nitriles is 1. The highest BCUT2D eigenvalue weighted by molar-refractivity contribution is 5.91. The summed E-state index contributed by atoms with van der Waals surface area (Å²) >= 11 is 0. The maximum absolute atomic E-state index is 12.2. The van der Waals surface area contributed by atoms with E-state index in [1.807, 2.05) is 0 Å². The van der Waals surface area contributed by atoms with Crippen molar-refractivity contribution in [3.05, 3.63) is 11.6 Å². The fourth-order valence-corrected chi connectivity index (χ4v) is 9.83. The van der Waals surface area contributed by atoms with Crippen molar-refractivity contribution in [2.75, 3.05) is 0 Å². The van der Waals surface area contributed by atoms with Crippen molar-refractivity contribution in [3.8, 4) is 6.07 Å². The normalized spacial score (nSPS) is 54.0. The standard InChI is InChI=1S/C26H35NO/c1-3-25-10-9-19-18-8-7-17(28)11-16(18)12-20(15-5-6-15)23(19)24(25)21-13-22(21)26(25,4-2)14-27/h11,15,18-24H,3-10,12-13H2,1-2H3/t18-,19+,20-,21+,22-,23-,24-,25-,26-/m0/s1. The molecule has 0 radical (unpaired) electrons. The van der Waals surface area contributed by atoms with Crippen LogP contribution in [0, 0.1) is 69.5 Å². The van der Waals surface area contributed by atoms with Crippen molar-refractivity contribution in [2.45, 2.75) is 78.1 Å². The minimum Gasteiger partial charge on any atom is -0.295 e. The summed E-state index contributed by atoms with van der Waals surface area (Å²) in [6.45, 7) is 4.71. The molecule has 0 aromatic carbocycles. The fourth-order valence-electron chi connectivity index (χ4n) is 9.83. The summed E-state index contributed by atoms with van der Waals surface area (Å²) in [5.74, 6) is 6.76. The van der Waals surface area contributed by atoms with Gasteiger partial charge < -0.3 is 0 Å². The minimum absolute atomic E-state index is 0.0468. The third-order valence-corrected chi connectivity index (χ3v) is 10.9. The molecule has 6 aliphatic carbocycles. The van der Waals surface area contributed by atoms with Gasteiger partial charge in [0.05, 0.1) is 11.5 Å². The number of allylic oxidation sites excluding steroid dienone is 1. The smallest absolute Gasteiger partial charge is 0.155 e. The number of hydrogen-bond acceptors (Lipinski definition) is 2. The van der Waals surface area contributed by atoms with Crippen LogP contribution in [0.1, 0.15) is 78.1 Å². The Morgan fingerprint density at radius 1 is 1.11 bits per heavy atom. The van der Waals surface area contributed by atoms with Gasteiger partial charge in [-0.05, 0) is 117 Å². The van der Waals surface area contributed by atoms with Gasteiger partial charge in [0.25, 0.3) is 0 Å². The monoisotopic (exact) mass is 377 g/mol. The first-order valence-corrected chi connectivity index (χ1v) is 12.2. The summed E-state index contributed by atoms with van der Waals surface area (Å²) in [7, 11) is 0. The van der Waals surface area contributed by atoms with Crippen LogP contribution in [-0.2, 0) is 4.79 Å². The lowest BCUT2D eigenvalue weighted by atomic mass is 9.43. The highest BCUT2D eigenvalue weighted by Crippen LogP contribution is 2.81. The van der Waals surface area contributed by atoms with Crippen LogP contribution in [0.5, 0.6) is 0 Å². The Labute approximate surface area is 170 Å². The van der Waals surface area contributed by atoms with Crippen molar-refractivity contribution < 1.29 is 4.79 Å². The molecule has 0 saturated heterocycles. The van der Waals surface area contributed by atoms with E-state index < -0.39 is 0 Å². The number of carbonyl (C=O) groups excluding carboxylic acids is 1. The lowest BCUT2D eigenvalue weighted by Gasteiger charge is -2.60. The zero-order chi connectivity index (χ0) is 19.3. The Hall–Kier alpha value is -1.10. The maximum Gasteiger partial charge on any atom is 0.155 e. The van der Waals surface area contributed by atoms with E-state index in [4.69, 9.17) is 0 Å². The molecule has 0 aliphatic heterocycles. The molecule has 2 heteroatoms. The third-order valence-electron chi connectivity index (χ3n) is 10.9. The van der Waals surface area contributed by atoms with Gasteiger partial charge in [0.15, 0.2) is 5.78 Å². The molecule has 0 N–H and O–H groups in total. The van der Waals surface area contributed by atoms with Crippen molar-refractivity contribution in [3.63, 3.8) is 0 Å². The van der Waals surface area contributed by atoms with Crippen molar-refractivity contribution in [1.82, 2.24) is 0 Å². The number of ketones is 1. The van der Waals surface area contributed by atoms with E-state index in [9.17, 15) is 10.1 Å². The van der Waals surface area contributed by atoms with E-state index >= 15 is 0 Å². The van der Waals surface area contributed by atoms with Crippen LogP contribution >= 0.6 is 0 Å². The molecule has 5 saturated carbocycles. The lowest BCUT2D eigenvalue weighted by Crippen LogP contribution is -2.55. The van der Waals surface area contributed by atoms with Crippen LogP contribution < -0.4 is 0 Å². The molecule has 150 valence electrons. The van der Waals surface area contributed by atoms with Gasteiger partial charge in [0, 0.05) is 6.42 Å². The first kappa shape index (κ1) is 17.7. The highest BCUT2D eigenvalue weighted by Gasteiger charge is 2.77. The van der Waals surface area contributed by atoms with Crippen molar-refractivity contribution >= 4 is 5.78 Å². The van der Waals surface area contributed by atoms with E-state index in [0.29, 0.717) is 17.6 Å². The summed E-state index contributed by atoms with van der Waals surface area (Å²) in [4.78, 5) is 12.2. The van der Waals surface area contributed by atoms with Gasteiger partial charge in [-0.3, -0.25) is 4.79 Å². The Balaban J connectivity index is 1.46. The first-order chi connectivity index (χ1) is 13.6. The van der Waals surface area contributed by atoms with Gasteiger partial charge in [0.1, 0.15) is 0 Å². The predicted octanol–water partition coefficient (Wildman–Crippen LogP) is 5.93. The largest absolute Gasteiger partial charge is 0.295 e. The molecule has 0 aromatic heterocycles. The van der Waals surface area contributed by atoms with Gasteiger partial charge in [-0.1, -0.05) is 19.4 Å². The van der Waals surface area contributed by atoms with E-state index in [2.05, 4.69) is 26.0 Å². The molecule has 2 nitrogen and oxygen atoms in total. The Morgan fingerprint density at radius 3 is 2.61 bits per heavy atom. The molecule has 0 aromatic rings. The molecule has 0 spiro atoms. The molecule has 28 heavy (non-hydrogen) atoms. The SMILES string of the molecule is CC[C@]12CC[C@H]3[C@H]([C@@H]1[C@@H]1C[C@@H]1[C@@]2(C#N)CC)[C@H](C1CC1)CC1=CC(=O)CC[C@@H]13. The van der Waals surface area contributed by atoms with Crippen molar-refractivity contribution in [1.29, 1.82) is 5.26 Å². The first-order valence-electron chi connectivity index (χ1n) is 12.2. The quantitative estimate of drug-likeness (QED) is 0.611. The van der Waals surface area contributed by atoms with Crippen LogP contribution in [0.3, 0.4) is 0 Å². The number of nitrogens with zero attached hydrogens (tertiary/aromatic N) is 1. The Bertz CT molecular complexity index is 787. The van der Waals surface area contributed by atoms with Gasteiger partial charge in [-0.2, -0.15) is 5.26 Å². The lowest BCUT2D eigenvalue weighted by molar-refractivity contribution is -0.118. The highest BCUT2D eigenvalue weighted by atomic mass is 16.1. The van der Waals surface area contributed by atoms with Crippen LogP contribution in [0.2, 0.25) is 0 Å². The molecule has 0 bridgehead atoms. The molecule has 5 fully saturated rings. The van der Waals surface area contributed by atoms with E-state index in [-0.39, 0.29) is 10.8 Å². The second kappa shape index (κ2) is 5.74. The molecule has 6 aliphatic rings. The van der Waals surface area contributed by atoms with E-state index in [1.54, 1.807) is 0 Å². The van der Waals surface area contributed by atoms with E-state index in [0.717, 1.165) is 54.8 Å². The summed E-state index contributed by atoms with van der Waals surface area (Å²) < 4.78 is 0. The number of carbonyl (C=O) groups is 1. The summed E-state index contributed by atoms with van der Waals surface area (Å²) in [6, 6.07) is 2.97. The zero-order valence-electron chi connectivity index (χ0n) is 17.6. The average Bonchev–Trinajstić information content (AvgIpc) is 3.63. The van der Waals surface area contributed by atoms with Crippen LogP contribution in [0.15, 0.2) is 11.6 Å². The van der Waals surface area contributed by atoms with Crippen LogP contribution in [0.4, 0.5) is 0 Å². The van der Waals surface area contributed by atoms with E-state index in [1.165, 1.54) is 50.5 Å². The van der Waals surface area contributed by atoms with Crippen LogP contribution in [0.25, 0.3) is 0 Å². The van der Waals surface area contributed by atoms with Gasteiger partial charge in [-0.25, -0.2) is 0 Å². The zero-order valence-corrected chi connectivity index (χ0v) is 17.6. The third kappa shape index (κ3) is 1.97. The predicted molar refractivity (Wildman–Crippen MR) is 109 cm³/mol. The molecule has 9 atom stereocenters. The fraction of sp³-hybridized carbons (Fsp3) is 0.846. The maximum atomic E-state index is 12.2. The molecule has 6 rings (SSSR count). The molecule has 0 heterocycles. The van der Waals surface area contributed by atoms with Gasteiger partial charge in [-0.15, -0.1) is 0 Å². The van der Waals surface area contributed by atoms with Gasteiger partial charge >= 0.3 is 0 Å². The summed E-state index contributed by atoms with van der Waals surface area (Å²) in [6.07, 6.45) is 14.2. The summed E-state index contributed by atoms with van der Waals surface area (Å²) in [5.41, 5.74) is 1.77.